The van der Waals surface area contributed by atoms with E-state index in [0.29, 0.717) is 31.1 Å². The standard InChI is InChI=1S/C21H31NO5/c1-3-5-6-7-8-9-20(23)22-15-19(27-21(24)4-2)16-10-11-17-18(14-16)26-13-12-25-17/h10-11,14,19H,3-9,12-13,15H2,1-2H3,(H,22,23). The molecule has 1 N–H and O–H groups in total. The number of hydrogen-bond acceptors (Lipinski definition) is 5. The first-order valence-electron chi connectivity index (χ1n) is 9.99. The van der Waals surface area contributed by atoms with E-state index in [1.165, 1.54) is 12.8 Å². The van der Waals surface area contributed by atoms with Crippen LogP contribution in [-0.2, 0) is 14.3 Å². The van der Waals surface area contributed by atoms with E-state index in [-0.39, 0.29) is 24.8 Å². The minimum absolute atomic E-state index is 0.0124. The fourth-order valence-corrected chi connectivity index (χ4v) is 2.91. The van der Waals surface area contributed by atoms with Crippen LogP contribution >= 0.6 is 0 Å². The summed E-state index contributed by atoms with van der Waals surface area (Å²) in [7, 11) is 0. The molecule has 0 radical (unpaired) electrons. The van der Waals surface area contributed by atoms with Gasteiger partial charge in [0.1, 0.15) is 19.3 Å². The van der Waals surface area contributed by atoms with Crippen molar-refractivity contribution >= 4 is 11.9 Å². The van der Waals surface area contributed by atoms with Gasteiger partial charge in [-0.3, -0.25) is 9.59 Å². The van der Waals surface area contributed by atoms with Crippen LogP contribution in [0.2, 0.25) is 0 Å². The Morgan fingerprint density at radius 2 is 1.81 bits per heavy atom. The molecule has 1 aromatic carbocycles. The monoisotopic (exact) mass is 377 g/mol. The van der Waals surface area contributed by atoms with Crippen molar-refractivity contribution in [1.29, 1.82) is 0 Å². The van der Waals surface area contributed by atoms with Crippen molar-refractivity contribution in [3.8, 4) is 11.5 Å². The summed E-state index contributed by atoms with van der Waals surface area (Å²) in [6, 6.07) is 5.48. The summed E-state index contributed by atoms with van der Waals surface area (Å²) < 4.78 is 16.7. The summed E-state index contributed by atoms with van der Waals surface area (Å²) in [5, 5.41) is 2.89. The largest absolute Gasteiger partial charge is 0.486 e. The van der Waals surface area contributed by atoms with E-state index in [1.54, 1.807) is 6.92 Å². The smallest absolute Gasteiger partial charge is 0.306 e. The quantitative estimate of drug-likeness (QED) is 0.467. The molecular formula is C21H31NO5. The number of esters is 1. The lowest BCUT2D eigenvalue weighted by atomic mass is 10.1. The third kappa shape index (κ3) is 7.12. The van der Waals surface area contributed by atoms with Gasteiger partial charge in [0.15, 0.2) is 11.5 Å². The molecule has 2 rings (SSSR count). The van der Waals surface area contributed by atoms with Crippen LogP contribution in [-0.4, -0.2) is 31.6 Å². The Bertz CT molecular complexity index is 617. The molecule has 1 heterocycles. The van der Waals surface area contributed by atoms with Crippen molar-refractivity contribution in [2.24, 2.45) is 0 Å². The summed E-state index contributed by atoms with van der Waals surface area (Å²) in [6.45, 7) is 5.18. The van der Waals surface area contributed by atoms with Crippen LogP contribution in [0.1, 0.15) is 70.5 Å². The number of benzene rings is 1. The van der Waals surface area contributed by atoms with Crippen LogP contribution in [0.5, 0.6) is 11.5 Å². The number of amides is 1. The Morgan fingerprint density at radius 3 is 2.56 bits per heavy atom. The molecule has 0 aromatic heterocycles. The Morgan fingerprint density at radius 1 is 1.07 bits per heavy atom. The predicted octanol–water partition coefficient (Wildman–Crippen LogP) is 3.93. The first-order valence-corrected chi connectivity index (χ1v) is 9.99. The highest BCUT2D eigenvalue weighted by atomic mass is 16.6. The zero-order valence-electron chi connectivity index (χ0n) is 16.4. The van der Waals surface area contributed by atoms with Crippen molar-refractivity contribution in [3.63, 3.8) is 0 Å². The molecule has 6 heteroatoms. The Labute approximate surface area is 161 Å². The zero-order chi connectivity index (χ0) is 19.5. The number of hydrogen-bond donors (Lipinski definition) is 1. The Hall–Kier alpha value is -2.24. The molecule has 0 fully saturated rings. The van der Waals surface area contributed by atoms with Gasteiger partial charge in [0.25, 0.3) is 0 Å². The third-order valence-corrected chi connectivity index (χ3v) is 4.49. The molecule has 6 nitrogen and oxygen atoms in total. The van der Waals surface area contributed by atoms with Gasteiger partial charge in [-0.25, -0.2) is 0 Å². The molecule has 1 aliphatic rings. The second-order valence-electron chi connectivity index (χ2n) is 6.70. The predicted molar refractivity (Wildman–Crippen MR) is 103 cm³/mol. The summed E-state index contributed by atoms with van der Waals surface area (Å²) in [4.78, 5) is 23.9. The molecule has 0 aliphatic carbocycles. The molecule has 1 aromatic rings. The first kappa shape index (κ1) is 21.1. The highest BCUT2D eigenvalue weighted by Crippen LogP contribution is 2.33. The van der Waals surface area contributed by atoms with Gasteiger partial charge in [-0.1, -0.05) is 45.6 Å². The van der Waals surface area contributed by atoms with Gasteiger partial charge in [0.05, 0.1) is 6.54 Å². The van der Waals surface area contributed by atoms with Gasteiger partial charge in [-0.05, 0) is 24.1 Å². The highest BCUT2D eigenvalue weighted by Gasteiger charge is 2.20. The molecule has 0 bridgehead atoms. The van der Waals surface area contributed by atoms with Crippen LogP contribution < -0.4 is 14.8 Å². The molecule has 1 amide bonds. The van der Waals surface area contributed by atoms with Crippen molar-refractivity contribution in [2.45, 2.75) is 64.9 Å². The number of carbonyl (C=O) groups is 2. The maximum Gasteiger partial charge on any atom is 0.306 e. The van der Waals surface area contributed by atoms with E-state index in [0.717, 1.165) is 24.8 Å². The second-order valence-corrected chi connectivity index (χ2v) is 6.70. The van der Waals surface area contributed by atoms with Crippen LogP contribution in [0.3, 0.4) is 0 Å². The molecule has 0 saturated carbocycles. The van der Waals surface area contributed by atoms with Crippen molar-refractivity contribution in [1.82, 2.24) is 5.32 Å². The first-order chi connectivity index (χ1) is 13.1. The molecule has 1 aliphatic heterocycles. The van der Waals surface area contributed by atoms with E-state index in [1.807, 2.05) is 18.2 Å². The maximum absolute atomic E-state index is 12.1. The van der Waals surface area contributed by atoms with Gasteiger partial charge >= 0.3 is 5.97 Å². The normalized spacial score (nSPS) is 13.7. The van der Waals surface area contributed by atoms with E-state index in [2.05, 4.69) is 12.2 Å². The van der Waals surface area contributed by atoms with E-state index in [9.17, 15) is 9.59 Å². The molecular weight excluding hydrogens is 346 g/mol. The van der Waals surface area contributed by atoms with Crippen LogP contribution in [0.15, 0.2) is 18.2 Å². The number of unbranched alkanes of at least 4 members (excludes halogenated alkanes) is 4. The SMILES string of the molecule is CCCCCCCC(=O)NCC(OC(=O)CC)c1ccc2c(c1)OCCO2. The topological polar surface area (TPSA) is 73.9 Å². The summed E-state index contributed by atoms with van der Waals surface area (Å²) in [5.41, 5.74) is 0.782. The van der Waals surface area contributed by atoms with Gasteiger partial charge in [0, 0.05) is 12.8 Å². The molecule has 1 unspecified atom stereocenters. The van der Waals surface area contributed by atoms with E-state index in [4.69, 9.17) is 14.2 Å². The number of carbonyl (C=O) groups excluding carboxylic acids is 2. The molecule has 0 spiro atoms. The number of rotatable bonds is 11. The van der Waals surface area contributed by atoms with Crippen LogP contribution in [0.25, 0.3) is 0 Å². The molecule has 0 saturated heterocycles. The lowest BCUT2D eigenvalue weighted by molar-refractivity contribution is -0.149. The minimum Gasteiger partial charge on any atom is -0.486 e. The third-order valence-electron chi connectivity index (χ3n) is 4.49. The van der Waals surface area contributed by atoms with Crippen LogP contribution in [0.4, 0.5) is 0 Å². The van der Waals surface area contributed by atoms with Gasteiger partial charge in [-0.15, -0.1) is 0 Å². The van der Waals surface area contributed by atoms with E-state index >= 15 is 0 Å². The molecule has 27 heavy (non-hydrogen) atoms. The van der Waals surface area contributed by atoms with Crippen molar-refractivity contribution in [2.75, 3.05) is 19.8 Å². The minimum atomic E-state index is -0.544. The number of fused-ring (bicyclic) bond motifs is 1. The summed E-state index contributed by atoms with van der Waals surface area (Å²) >= 11 is 0. The number of ether oxygens (including phenoxy) is 3. The zero-order valence-corrected chi connectivity index (χ0v) is 16.4. The highest BCUT2D eigenvalue weighted by molar-refractivity contribution is 5.76. The Kier molecular flexibility index (Phi) is 8.95. The summed E-state index contributed by atoms with van der Waals surface area (Å²) in [5.74, 6) is 1.01. The van der Waals surface area contributed by atoms with Crippen molar-refractivity contribution < 1.29 is 23.8 Å². The maximum atomic E-state index is 12.1. The van der Waals surface area contributed by atoms with Gasteiger partial charge < -0.3 is 19.5 Å². The summed E-state index contributed by atoms with van der Waals surface area (Å²) in [6.07, 6.45) is 5.75. The fraction of sp³-hybridized carbons (Fsp3) is 0.619. The molecule has 1 atom stereocenters. The Balaban J connectivity index is 1.92. The van der Waals surface area contributed by atoms with Gasteiger partial charge in [0.2, 0.25) is 5.91 Å². The van der Waals surface area contributed by atoms with Gasteiger partial charge in [-0.2, -0.15) is 0 Å². The van der Waals surface area contributed by atoms with E-state index < -0.39 is 6.10 Å². The van der Waals surface area contributed by atoms with Crippen molar-refractivity contribution in [3.05, 3.63) is 23.8 Å². The average molecular weight is 377 g/mol. The molecule has 150 valence electrons. The average Bonchev–Trinajstić information content (AvgIpc) is 2.70. The number of nitrogens with one attached hydrogen (secondary N) is 1. The second kappa shape index (κ2) is 11.5. The van der Waals surface area contributed by atoms with Crippen LogP contribution in [0, 0.1) is 0 Å². The fourth-order valence-electron chi connectivity index (χ4n) is 2.91. The lowest BCUT2D eigenvalue weighted by Gasteiger charge is -2.22. The lowest BCUT2D eigenvalue weighted by Crippen LogP contribution is -2.30.